The minimum Gasteiger partial charge on any atom is -0.381 e. The van der Waals surface area contributed by atoms with Crippen molar-refractivity contribution in [1.82, 2.24) is 0 Å². The second kappa shape index (κ2) is 5.60. The van der Waals surface area contributed by atoms with Crippen LogP contribution in [-0.4, -0.2) is 11.0 Å². The molecule has 1 aliphatic rings. The van der Waals surface area contributed by atoms with Crippen LogP contribution in [0.2, 0.25) is 5.02 Å². The molecule has 5 heteroatoms. The molecule has 0 aliphatic heterocycles. The molecular formula is C15H21ClN2O2. The summed E-state index contributed by atoms with van der Waals surface area (Å²) in [6, 6.07) is 4.97. The van der Waals surface area contributed by atoms with Crippen molar-refractivity contribution in [3.05, 3.63) is 33.3 Å². The number of nitrogens with zero attached hydrogens (tertiary/aromatic N) is 1. The smallest absolute Gasteiger partial charge is 0.271 e. The van der Waals surface area contributed by atoms with E-state index < -0.39 is 4.92 Å². The van der Waals surface area contributed by atoms with E-state index in [0.29, 0.717) is 22.4 Å². The molecule has 1 aromatic carbocycles. The molecule has 0 aromatic heterocycles. The zero-order valence-electron chi connectivity index (χ0n) is 12.1. The van der Waals surface area contributed by atoms with Gasteiger partial charge in [0, 0.05) is 18.2 Å². The van der Waals surface area contributed by atoms with Crippen molar-refractivity contribution in [2.45, 2.75) is 46.1 Å². The molecule has 1 aromatic rings. The molecule has 20 heavy (non-hydrogen) atoms. The van der Waals surface area contributed by atoms with Crippen molar-refractivity contribution in [3.8, 4) is 0 Å². The summed E-state index contributed by atoms with van der Waals surface area (Å²) in [6.45, 7) is 6.86. The van der Waals surface area contributed by atoms with Gasteiger partial charge in [-0.15, -0.1) is 0 Å². The maximum Gasteiger partial charge on any atom is 0.271 e. The molecule has 2 rings (SSSR count). The third-order valence-corrected chi connectivity index (χ3v) is 4.51. The molecule has 0 radical (unpaired) electrons. The van der Waals surface area contributed by atoms with E-state index in [-0.39, 0.29) is 5.69 Å². The van der Waals surface area contributed by atoms with E-state index in [1.807, 2.05) is 0 Å². The van der Waals surface area contributed by atoms with Crippen molar-refractivity contribution in [2.24, 2.45) is 11.3 Å². The summed E-state index contributed by atoms with van der Waals surface area (Å²) in [7, 11) is 0. The first kappa shape index (κ1) is 15.1. The summed E-state index contributed by atoms with van der Waals surface area (Å²) in [5.74, 6) is 0.560. The molecule has 0 spiro atoms. The molecule has 0 saturated heterocycles. The predicted octanol–water partition coefficient (Wildman–Crippen LogP) is 4.87. The summed E-state index contributed by atoms with van der Waals surface area (Å²) in [6.07, 6.45) is 3.45. The average Bonchev–Trinajstić information content (AvgIpc) is 2.33. The fourth-order valence-electron chi connectivity index (χ4n) is 3.10. The second-order valence-corrected chi connectivity index (χ2v) is 6.96. The molecule has 2 atom stereocenters. The number of nitrogens with one attached hydrogen (secondary N) is 1. The van der Waals surface area contributed by atoms with Crippen LogP contribution in [0, 0.1) is 21.4 Å². The number of nitro groups is 1. The van der Waals surface area contributed by atoms with Crippen LogP contribution < -0.4 is 5.32 Å². The van der Waals surface area contributed by atoms with Gasteiger partial charge in [0.25, 0.3) is 5.69 Å². The van der Waals surface area contributed by atoms with Gasteiger partial charge in [-0.2, -0.15) is 0 Å². The van der Waals surface area contributed by atoms with Gasteiger partial charge in [-0.25, -0.2) is 0 Å². The highest BCUT2D eigenvalue weighted by atomic mass is 35.5. The number of benzene rings is 1. The van der Waals surface area contributed by atoms with Crippen LogP contribution in [0.4, 0.5) is 11.4 Å². The van der Waals surface area contributed by atoms with Crippen molar-refractivity contribution in [2.75, 3.05) is 5.32 Å². The van der Waals surface area contributed by atoms with E-state index in [1.165, 1.54) is 25.0 Å². The van der Waals surface area contributed by atoms with E-state index in [1.54, 1.807) is 6.07 Å². The largest absolute Gasteiger partial charge is 0.381 e. The van der Waals surface area contributed by atoms with Crippen LogP contribution in [0.5, 0.6) is 0 Å². The van der Waals surface area contributed by atoms with Crippen LogP contribution >= 0.6 is 11.6 Å². The van der Waals surface area contributed by atoms with Crippen molar-refractivity contribution >= 4 is 23.0 Å². The van der Waals surface area contributed by atoms with Gasteiger partial charge in [0.2, 0.25) is 0 Å². The summed E-state index contributed by atoms with van der Waals surface area (Å²) in [5, 5.41) is 14.6. The Kier molecular flexibility index (Phi) is 4.23. The maximum absolute atomic E-state index is 10.7. The second-order valence-electron chi connectivity index (χ2n) is 6.56. The minimum absolute atomic E-state index is 0.0263. The van der Waals surface area contributed by atoms with Crippen LogP contribution in [-0.2, 0) is 0 Å². The molecule has 4 nitrogen and oxygen atoms in total. The molecule has 0 heterocycles. The first-order chi connectivity index (χ1) is 9.28. The van der Waals surface area contributed by atoms with E-state index in [0.717, 1.165) is 12.1 Å². The maximum atomic E-state index is 10.7. The van der Waals surface area contributed by atoms with Crippen molar-refractivity contribution in [1.29, 1.82) is 0 Å². The lowest BCUT2D eigenvalue weighted by Crippen LogP contribution is -2.36. The Morgan fingerprint density at radius 2 is 2.15 bits per heavy atom. The molecule has 110 valence electrons. The molecule has 1 aliphatic carbocycles. The van der Waals surface area contributed by atoms with E-state index >= 15 is 0 Å². The highest BCUT2D eigenvalue weighted by Gasteiger charge is 2.32. The SMILES string of the molecule is CC1CC(C)(C)CCC1Nc1ccc([N+](=O)[O-])cc1Cl. The summed E-state index contributed by atoms with van der Waals surface area (Å²) < 4.78 is 0. The molecule has 0 amide bonds. The lowest BCUT2D eigenvalue weighted by Gasteiger charge is -2.40. The molecule has 2 unspecified atom stereocenters. The minimum atomic E-state index is -0.429. The highest BCUT2D eigenvalue weighted by molar-refractivity contribution is 6.33. The first-order valence-electron chi connectivity index (χ1n) is 6.99. The molecule has 1 fully saturated rings. The lowest BCUT2D eigenvalue weighted by atomic mass is 9.70. The Balaban J connectivity index is 2.09. The fourth-order valence-corrected chi connectivity index (χ4v) is 3.32. The molecule has 1 N–H and O–H groups in total. The number of nitro benzene ring substituents is 1. The normalized spacial score (nSPS) is 25.2. The number of hydrogen-bond acceptors (Lipinski definition) is 3. The number of rotatable bonds is 3. The molecule has 0 bridgehead atoms. The molecular weight excluding hydrogens is 276 g/mol. The Hall–Kier alpha value is -1.29. The van der Waals surface area contributed by atoms with Crippen molar-refractivity contribution in [3.63, 3.8) is 0 Å². The number of halogens is 1. The predicted molar refractivity (Wildman–Crippen MR) is 82.3 cm³/mol. The highest BCUT2D eigenvalue weighted by Crippen LogP contribution is 2.40. The first-order valence-corrected chi connectivity index (χ1v) is 7.37. The van der Waals surface area contributed by atoms with Crippen LogP contribution in [0.15, 0.2) is 18.2 Å². The average molecular weight is 297 g/mol. The van der Waals surface area contributed by atoms with Gasteiger partial charge in [-0.05, 0) is 36.7 Å². The fraction of sp³-hybridized carbons (Fsp3) is 0.600. The monoisotopic (exact) mass is 296 g/mol. The van der Waals surface area contributed by atoms with Gasteiger partial charge >= 0.3 is 0 Å². The van der Waals surface area contributed by atoms with Crippen LogP contribution in [0.25, 0.3) is 0 Å². The van der Waals surface area contributed by atoms with Gasteiger partial charge in [-0.1, -0.05) is 32.4 Å². The lowest BCUT2D eigenvalue weighted by molar-refractivity contribution is -0.384. The van der Waals surface area contributed by atoms with Gasteiger partial charge in [-0.3, -0.25) is 10.1 Å². The summed E-state index contributed by atoms with van der Waals surface area (Å²) in [5.41, 5.74) is 1.21. The van der Waals surface area contributed by atoms with E-state index in [4.69, 9.17) is 11.6 Å². The van der Waals surface area contributed by atoms with Crippen molar-refractivity contribution < 1.29 is 4.92 Å². The zero-order valence-corrected chi connectivity index (χ0v) is 12.9. The van der Waals surface area contributed by atoms with Crippen LogP contribution in [0.1, 0.15) is 40.0 Å². The molecule has 1 saturated carbocycles. The van der Waals surface area contributed by atoms with E-state index in [2.05, 4.69) is 26.1 Å². The van der Waals surface area contributed by atoms with Gasteiger partial charge in [0.05, 0.1) is 15.6 Å². The Bertz CT molecular complexity index is 517. The summed E-state index contributed by atoms with van der Waals surface area (Å²) >= 11 is 6.13. The Morgan fingerprint density at radius 1 is 1.45 bits per heavy atom. The summed E-state index contributed by atoms with van der Waals surface area (Å²) in [4.78, 5) is 10.3. The Morgan fingerprint density at radius 3 is 2.70 bits per heavy atom. The van der Waals surface area contributed by atoms with E-state index in [9.17, 15) is 10.1 Å². The zero-order chi connectivity index (χ0) is 14.9. The Labute approximate surface area is 124 Å². The third kappa shape index (κ3) is 3.42. The number of anilines is 1. The number of non-ortho nitro benzene ring substituents is 1. The third-order valence-electron chi connectivity index (χ3n) is 4.20. The van der Waals surface area contributed by atoms with Crippen LogP contribution in [0.3, 0.4) is 0 Å². The van der Waals surface area contributed by atoms with Gasteiger partial charge < -0.3 is 5.32 Å². The number of hydrogen-bond donors (Lipinski definition) is 1. The standard InChI is InChI=1S/C15H21ClN2O2/c1-10-9-15(2,3)7-6-13(10)17-14-5-4-11(18(19)20)8-12(14)16/h4-5,8,10,13,17H,6-7,9H2,1-3H3. The van der Waals surface area contributed by atoms with Gasteiger partial charge in [0.15, 0.2) is 0 Å². The van der Waals surface area contributed by atoms with Gasteiger partial charge in [0.1, 0.15) is 0 Å². The topological polar surface area (TPSA) is 55.2 Å². The quantitative estimate of drug-likeness (QED) is 0.639.